The fraction of sp³-hybridized carbons (Fsp3) is 0.176. The number of aromatic nitrogens is 2. The van der Waals surface area contributed by atoms with E-state index in [0.717, 1.165) is 0 Å². The molecule has 0 radical (unpaired) electrons. The van der Waals surface area contributed by atoms with Gasteiger partial charge in [-0.15, -0.1) is 11.3 Å². The number of esters is 1. The van der Waals surface area contributed by atoms with Crippen molar-refractivity contribution in [3.8, 4) is 0 Å². The van der Waals surface area contributed by atoms with Crippen LogP contribution in [0.15, 0.2) is 46.7 Å². The number of hydrogen-bond donors (Lipinski definition) is 1. The van der Waals surface area contributed by atoms with Gasteiger partial charge in [-0.25, -0.2) is 9.78 Å². The number of fused-ring (bicyclic) bond motifs is 1. The molecule has 0 saturated heterocycles. The van der Waals surface area contributed by atoms with Gasteiger partial charge >= 0.3 is 5.97 Å². The van der Waals surface area contributed by atoms with Crippen LogP contribution < -0.4 is 10.9 Å². The molecule has 7 nitrogen and oxygen atoms in total. The second-order valence-electron chi connectivity index (χ2n) is 5.42. The minimum atomic E-state index is -0.884. The Hall–Kier alpha value is -2.71. The number of halogens is 1. The quantitative estimate of drug-likeness (QED) is 0.674. The van der Waals surface area contributed by atoms with E-state index < -0.39 is 17.9 Å². The van der Waals surface area contributed by atoms with Gasteiger partial charge in [0, 0.05) is 17.6 Å². The van der Waals surface area contributed by atoms with Crippen molar-refractivity contribution in [2.24, 2.45) is 0 Å². The van der Waals surface area contributed by atoms with E-state index in [1.54, 1.807) is 35.8 Å². The number of hydrogen-bond acceptors (Lipinski definition) is 6. The molecule has 0 saturated carbocycles. The SMILES string of the molecule is C[C@H](NC(=O)c1ccccc1Cl)C(=O)OCc1cc(=O)n2ccsc2n1. The van der Waals surface area contributed by atoms with Crippen molar-refractivity contribution >= 4 is 39.8 Å². The molecule has 2 heterocycles. The van der Waals surface area contributed by atoms with Crippen molar-refractivity contribution < 1.29 is 14.3 Å². The second-order valence-corrected chi connectivity index (χ2v) is 6.70. The van der Waals surface area contributed by atoms with Crippen LogP contribution >= 0.6 is 22.9 Å². The molecule has 26 heavy (non-hydrogen) atoms. The average molecular weight is 392 g/mol. The number of carbonyl (C=O) groups excluding carboxylic acids is 2. The van der Waals surface area contributed by atoms with Crippen LogP contribution in [0.3, 0.4) is 0 Å². The third-order valence-corrected chi connectivity index (χ3v) is 4.62. The van der Waals surface area contributed by atoms with Gasteiger partial charge in [0.15, 0.2) is 4.96 Å². The molecule has 0 aliphatic rings. The molecule has 1 amide bonds. The third kappa shape index (κ3) is 3.92. The minimum Gasteiger partial charge on any atom is -0.458 e. The molecule has 1 aromatic carbocycles. The van der Waals surface area contributed by atoms with E-state index >= 15 is 0 Å². The average Bonchev–Trinajstić information content (AvgIpc) is 3.09. The first kappa shape index (κ1) is 18.1. The summed E-state index contributed by atoms with van der Waals surface area (Å²) in [6.07, 6.45) is 1.62. The molecule has 0 spiro atoms. The van der Waals surface area contributed by atoms with Gasteiger partial charge in [0.2, 0.25) is 0 Å². The molecule has 134 valence electrons. The lowest BCUT2D eigenvalue weighted by atomic mass is 10.2. The summed E-state index contributed by atoms with van der Waals surface area (Å²) in [5.74, 6) is -1.12. The summed E-state index contributed by atoms with van der Waals surface area (Å²) < 4.78 is 6.55. The van der Waals surface area contributed by atoms with Crippen molar-refractivity contribution in [1.82, 2.24) is 14.7 Å². The zero-order valence-corrected chi connectivity index (χ0v) is 15.2. The molecule has 0 unspecified atom stereocenters. The van der Waals surface area contributed by atoms with E-state index in [1.165, 1.54) is 28.7 Å². The van der Waals surface area contributed by atoms with Crippen molar-refractivity contribution in [3.05, 3.63) is 68.5 Å². The molecule has 1 atom stereocenters. The highest BCUT2D eigenvalue weighted by Crippen LogP contribution is 2.14. The van der Waals surface area contributed by atoms with Crippen molar-refractivity contribution in [2.75, 3.05) is 0 Å². The number of amides is 1. The highest BCUT2D eigenvalue weighted by Gasteiger charge is 2.19. The fourth-order valence-corrected chi connectivity index (χ4v) is 3.17. The summed E-state index contributed by atoms with van der Waals surface area (Å²) in [4.78, 5) is 40.9. The number of thiazole rings is 1. The smallest absolute Gasteiger partial charge is 0.328 e. The number of carbonyl (C=O) groups is 2. The van der Waals surface area contributed by atoms with Crippen molar-refractivity contribution in [2.45, 2.75) is 19.6 Å². The van der Waals surface area contributed by atoms with Crippen LogP contribution in [0.1, 0.15) is 23.0 Å². The molecular formula is C17H14ClN3O4S. The maximum atomic E-state index is 12.2. The Morgan fingerprint density at radius 2 is 2.15 bits per heavy atom. The highest BCUT2D eigenvalue weighted by atomic mass is 35.5. The van der Waals surface area contributed by atoms with E-state index in [0.29, 0.717) is 15.7 Å². The van der Waals surface area contributed by atoms with E-state index in [1.807, 2.05) is 0 Å². The van der Waals surface area contributed by atoms with Gasteiger partial charge < -0.3 is 10.1 Å². The summed E-state index contributed by atoms with van der Waals surface area (Å²) in [6.45, 7) is 1.34. The van der Waals surface area contributed by atoms with Crippen LogP contribution in [0, 0.1) is 0 Å². The Kier molecular flexibility index (Phi) is 5.34. The van der Waals surface area contributed by atoms with Gasteiger partial charge in [-0.1, -0.05) is 23.7 Å². The summed E-state index contributed by atoms with van der Waals surface area (Å²) in [5.41, 5.74) is 0.365. The third-order valence-electron chi connectivity index (χ3n) is 3.54. The maximum Gasteiger partial charge on any atom is 0.328 e. The van der Waals surface area contributed by atoms with Crippen molar-refractivity contribution in [3.63, 3.8) is 0 Å². The van der Waals surface area contributed by atoms with E-state index in [4.69, 9.17) is 16.3 Å². The molecule has 3 rings (SSSR count). The predicted octanol–water partition coefficient (Wildman–Crippen LogP) is 2.27. The first-order valence-corrected chi connectivity index (χ1v) is 8.89. The minimum absolute atomic E-state index is 0.158. The molecule has 1 N–H and O–H groups in total. The fourth-order valence-electron chi connectivity index (χ4n) is 2.21. The first-order chi connectivity index (χ1) is 12.5. The number of nitrogens with zero attached hydrogens (tertiary/aromatic N) is 2. The van der Waals surface area contributed by atoms with E-state index in [9.17, 15) is 14.4 Å². The van der Waals surface area contributed by atoms with Crippen LogP contribution in [-0.2, 0) is 16.1 Å². The van der Waals surface area contributed by atoms with Gasteiger partial charge in [0.05, 0.1) is 16.3 Å². The highest BCUT2D eigenvalue weighted by molar-refractivity contribution is 7.15. The lowest BCUT2D eigenvalue weighted by molar-refractivity contribution is -0.146. The molecule has 3 aromatic rings. The van der Waals surface area contributed by atoms with Crippen LogP contribution in [0.25, 0.3) is 4.96 Å². The molecule has 0 aliphatic carbocycles. The predicted molar refractivity (Wildman–Crippen MR) is 97.5 cm³/mol. The number of rotatable bonds is 5. The second kappa shape index (κ2) is 7.67. The largest absolute Gasteiger partial charge is 0.458 e. The van der Waals surface area contributed by atoms with E-state index in [-0.39, 0.29) is 17.7 Å². The van der Waals surface area contributed by atoms with Gasteiger partial charge in [-0.3, -0.25) is 14.0 Å². The van der Waals surface area contributed by atoms with Gasteiger partial charge in [-0.05, 0) is 19.1 Å². The monoisotopic (exact) mass is 391 g/mol. The Balaban J connectivity index is 1.61. The Bertz CT molecular complexity index is 1030. The Labute approximate surface area is 157 Å². The van der Waals surface area contributed by atoms with Gasteiger partial charge in [0.1, 0.15) is 12.6 Å². The lowest BCUT2D eigenvalue weighted by Gasteiger charge is -2.13. The molecule has 0 fully saturated rings. The Morgan fingerprint density at radius 1 is 1.38 bits per heavy atom. The topological polar surface area (TPSA) is 89.8 Å². The standard InChI is InChI=1S/C17H14ClN3O4S/c1-10(19-15(23)12-4-2-3-5-13(12)18)16(24)25-9-11-8-14(22)21-6-7-26-17(21)20-11/h2-8,10H,9H2,1H3,(H,19,23)/t10-/m0/s1. The summed E-state index contributed by atoms with van der Waals surface area (Å²) in [6, 6.07) is 6.95. The van der Waals surface area contributed by atoms with Crippen LogP contribution in [-0.4, -0.2) is 27.3 Å². The van der Waals surface area contributed by atoms with E-state index in [2.05, 4.69) is 10.3 Å². The number of nitrogens with one attached hydrogen (secondary N) is 1. The summed E-state index contributed by atoms with van der Waals surface area (Å²) in [5, 5.41) is 4.56. The molecule has 9 heteroatoms. The van der Waals surface area contributed by atoms with Gasteiger partial charge in [-0.2, -0.15) is 0 Å². The normalized spacial score (nSPS) is 11.9. The van der Waals surface area contributed by atoms with Crippen LogP contribution in [0.5, 0.6) is 0 Å². The maximum absolute atomic E-state index is 12.2. The first-order valence-electron chi connectivity index (χ1n) is 7.63. The molecule has 0 aliphatic heterocycles. The molecule has 2 aromatic heterocycles. The Morgan fingerprint density at radius 3 is 2.92 bits per heavy atom. The number of benzene rings is 1. The summed E-state index contributed by atoms with van der Waals surface area (Å²) >= 11 is 7.27. The van der Waals surface area contributed by atoms with Gasteiger partial charge in [0.25, 0.3) is 11.5 Å². The van der Waals surface area contributed by atoms with Crippen molar-refractivity contribution in [1.29, 1.82) is 0 Å². The van der Waals surface area contributed by atoms with Crippen LogP contribution in [0.2, 0.25) is 5.02 Å². The zero-order valence-electron chi connectivity index (χ0n) is 13.6. The summed E-state index contributed by atoms with van der Waals surface area (Å²) in [7, 11) is 0. The molecule has 0 bridgehead atoms. The lowest BCUT2D eigenvalue weighted by Crippen LogP contribution is -2.39. The van der Waals surface area contributed by atoms with Crippen LogP contribution in [0.4, 0.5) is 0 Å². The number of ether oxygens (including phenoxy) is 1. The molecular weight excluding hydrogens is 378 g/mol. The zero-order chi connectivity index (χ0) is 18.7.